The highest BCUT2D eigenvalue weighted by Crippen LogP contribution is 2.27. The van der Waals surface area contributed by atoms with Gasteiger partial charge in [0.2, 0.25) is 0 Å². The predicted molar refractivity (Wildman–Crippen MR) is 94.0 cm³/mol. The molecule has 0 unspecified atom stereocenters. The van der Waals surface area contributed by atoms with Crippen LogP contribution in [0.4, 0.5) is 0 Å². The normalized spacial score (nSPS) is 14.8. The van der Waals surface area contributed by atoms with Crippen LogP contribution in [0.2, 0.25) is 0 Å². The number of hydrogen-bond donors (Lipinski definition) is 2. The van der Waals surface area contributed by atoms with Crippen LogP contribution >= 0.6 is 0 Å². The number of rotatable bonds is 5. The first-order valence-electron chi connectivity index (χ1n) is 8.24. The lowest BCUT2D eigenvalue weighted by Gasteiger charge is -2.12. The minimum atomic E-state index is 0.731. The molecule has 0 spiro atoms. The Morgan fingerprint density at radius 1 is 1.22 bits per heavy atom. The van der Waals surface area contributed by atoms with Gasteiger partial charge in [0.05, 0.1) is 11.4 Å². The van der Waals surface area contributed by atoms with Crippen molar-refractivity contribution in [3.05, 3.63) is 47.3 Å². The van der Waals surface area contributed by atoms with E-state index in [1.165, 1.54) is 24.1 Å². The highest BCUT2D eigenvalue weighted by Gasteiger charge is 2.21. The third-order valence-corrected chi connectivity index (χ3v) is 4.35. The van der Waals surface area contributed by atoms with Gasteiger partial charge < -0.3 is 10.6 Å². The smallest absolute Gasteiger partial charge is 0.191 e. The fourth-order valence-electron chi connectivity index (χ4n) is 2.71. The molecule has 1 aliphatic carbocycles. The van der Waals surface area contributed by atoms with Gasteiger partial charge in [0.25, 0.3) is 0 Å². The van der Waals surface area contributed by atoms with Gasteiger partial charge in [0.15, 0.2) is 5.96 Å². The summed E-state index contributed by atoms with van der Waals surface area (Å²) in [4.78, 5) is 4.29. The van der Waals surface area contributed by atoms with Crippen LogP contribution in [0.1, 0.15) is 29.8 Å². The lowest BCUT2D eigenvalue weighted by Crippen LogP contribution is -2.38. The average Bonchev–Trinajstić information content (AvgIpc) is 3.35. The van der Waals surface area contributed by atoms with Crippen LogP contribution in [-0.2, 0) is 6.54 Å². The topological polar surface area (TPSA) is 54.2 Å². The maximum atomic E-state index is 4.68. The molecule has 0 bridgehead atoms. The second-order valence-electron chi connectivity index (χ2n) is 6.15. The summed E-state index contributed by atoms with van der Waals surface area (Å²) in [5.74, 6) is 1.70. The molecule has 0 saturated heterocycles. The van der Waals surface area contributed by atoms with Crippen molar-refractivity contribution in [2.45, 2.75) is 33.2 Å². The number of nitrogens with one attached hydrogen (secondary N) is 2. The van der Waals surface area contributed by atoms with Gasteiger partial charge in [0, 0.05) is 31.4 Å². The monoisotopic (exact) mass is 311 g/mol. The molecule has 1 fully saturated rings. The average molecular weight is 311 g/mol. The molecule has 2 N–H and O–H groups in total. The molecule has 1 heterocycles. The molecule has 1 saturated carbocycles. The van der Waals surface area contributed by atoms with Crippen LogP contribution in [0.3, 0.4) is 0 Å². The zero-order valence-corrected chi connectivity index (χ0v) is 14.1. The van der Waals surface area contributed by atoms with Crippen LogP contribution < -0.4 is 10.6 Å². The van der Waals surface area contributed by atoms with Crippen LogP contribution in [0.5, 0.6) is 0 Å². The van der Waals surface area contributed by atoms with Crippen LogP contribution in [0, 0.1) is 19.8 Å². The first-order chi connectivity index (χ1) is 11.2. The van der Waals surface area contributed by atoms with E-state index in [1.807, 2.05) is 29.9 Å². The molecule has 1 aliphatic rings. The van der Waals surface area contributed by atoms with E-state index in [-0.39, 0.29) is 0 Å². The number of aliphatic imine (C=N–C) groups is 1. The first kappa shape index (κ1) is 15.6. The Balaban J connectivity index is 1.69. The quantitative estimate of drug-likeness (QED) is 0.659. The fraction of sp³-hybridized carbons (Fsp3) is 0.444. The molecule has 23 heavy (non-hydrogen) atoms. The van der Waals surface area contributed by atoms with Crippen LogP contribution in [-0.4, -0.2) is 29.3 Å². The molecular formula is C18H25N5. The van der Waals surface area contributed by atoms with E-state index in [1.54, 1.807) is 0 Å². The van der Waals surface area contributed by atoms with Crippen molar-refractivity contribution in [2.75, 3.05) is 13.6 Å². The second-order valence-corrected chi connectivity index (χ2v) is 6.15. The van der Waals surface area contributed by atoms with Crippen molar-refractivity contribution in [2.24, 2.45) is 10.9 Å². The molecule has 1 aromatic heterocycles. The molecule has 0 amide bonds. The van der Waals surface area contributed by atoms with Crippen molar-refractivity contribution < 1.29 is 0 Å². The molecule has 5 heteroatoms. The Kier molecular flexibility index (Phi) is 4.65. The zero-order chi connectivity index (χ0) is 16.2. The van der Waals surface area contributed by atoms with Crippen molar-refractivity contribution >= 4 is 5.96 Å². The van der Waals surface area contributed by atoms with Gasteiger partial charge >= 0.3 is 0 Å². The van der Waals surface area contributed by atoms with E-state index < -0.39 is 0 Å². The Morgan fingerprint density at radius 3 is 2.61 bits per heavy atom. The number of nitrogens with zero attached hydrogens (tertiary/aromatic N) is 3. The molecule has 122 valence electrons. The number of aromatic nitrogens is 2. The standard InChI is InChI=1S/C18H25N5/c1-13-17(12-21-18(19-3)20-11-15-9-10-15)14(2)23(22-13)16-7-5-4-6-8-16/h4-8,15H,9-12H2,1-3H3,(H2,19,20,21). The molecule has 2 aromatic rings. The van der Waals surface area contributed by atoms with Crippen molar-refractivity contribution in [3.63, 3.8) is 0 Å². The third-order valence-electron chi connectivity index (χ3n) is 4.35. The number of guanidine groups is 1. The Bertz CT molecular complexity index is 683. The van der Waals surface area contributed by atoms with E-state index in [0.717, 1.165) is 36.3 Å². The number of benzene rings is 1. The van der Waals surface area contributed by atoms with E-state index in [4.69, 9.17) is 0 Å². The van der Waals surface area contributed by atoms with Gasteiger partial charge in [-0.1, -0.05) is 18.2 Å². The van der Waals surface area contributed by atoms with Gasteiger partial charge in [-0.15, -0.1) is 0 Å². The molecule has 1 aromatic carbocycles. The lowest BCUT2D eigenvalue weighted by atomic mass is 10.2. The number of para-hydroxylation sites is 1. The zero-order valence-electron chi connectivity index (χ0n) is 14.1. The van der Waals surface area contributed by atoms with Gasteiger partial charge in [-0.25, -0.2) is 4.68 Å². The van der Waals surface area contributed by atoms with E-state index in [9.17, 15) is 0 Å². The van der Waals surface area contributed by atoms with E-state index in [0.29, 0.717) is 0 Å². The van der Waals surface area contributed by atoms with Crippen molar-refractivity contribution in [3.8, 4) is 5.69 Å². The number of hydrogen-bond acceptors (Lipinski definition) is 2. The summed E-state index contributed by atoms with van der Waals surface area (Å²) in [6.45, 7) is 5.92. The third kappa shape index (κ3) is 3.73. The van der Waals surface area contributed by atoms with Crippen LogP contribution in [0.15, 0.2) is 35.3 Å². The van der Waals surface area contributed by atoms with Crippen LogP contribution in [0.25, 0.3) is 5.69 Å². The number of aryl methyl sites for hydroxylation is 1. The summed E-state index contributed by atoms with van der Waals surface area (Å²) >= 11 is 0. The molecule has 5 nitrogen and oxygen atoms in total. The highest BCUT2D eigenvalue weighted by molar-refractivity contribution is 5.79. The maximum absolute atomic E-state index is 4.68. The molecule has 3 rings (SSSR count). The fourth-order valence-corrected chi connectivity index (χ4v) is 2.71. The Labute approximate surface area is 137 Å². The molecule has 0 radical (unpaired) electrons. The molecule has 0 aliphatic heterocycles. The predicted octanol–water partition coefficient (Wildman–Crippen LogP) is 2.56. The Morgan fingerprint density at radius 2 is 1.96 bits per heavy atom. The molecule has 0 atom stereocenters. The van der Waals surface area contributed by atoms with E-state index in [2.05, 4.69) is 46.7 Å². The largest absolute Gasteiger partial charge is 0.356 e. The van der Waals surface area contributed by atoms with Gasteiger partial charge in [-0.2, -0.15) is 5.10 Å². The minimum absolute atomic E-state index is 0.731. The van der Waals surface area contributed by atoms with E-state index >= 15 is 0 Å². The van der Waals surface area contributed by atoms with Crippen molar-refractivity contribution in [1.29, 1.82) is 0 Å². The van der Waals surface area contributed by atoms with Gasteiger partial charge in [-0.3, -0.25) is 4.99 Å². The summed E-state index contributed by atoms with van der Waals surface area (Å²) in [7, 11) is 1.81. The molecular weight excluding hydrogens is 286 g/mol. The summed E-state index contributed by atoms with van der Waals surface area (Å²) in [6, 6.07) is 10.2. The summed E-state index contributed by atoms with van der Waals surface area (Å²) < 4.78 is 2.01. The first-order valence-corrected chi connectivity index (χ1v) is 8.24. The summed E-state index contributed by atoms with van der Waals surface area (Å²) in [5, 5.41) is 11.5. The second kappa shape index (κ2) is 6.86. The Hall–Kier alpha value is -2.30. The minimum Gasteiger partial charge on any atom is -0.356 e. The SMILES string of the molecule is CN=C(NCc1c(C)nn(-c2ccccc2)c1C)NCC1CC1. The highest BCUT2D eigenvalue weighted by atomic mass is 15.3. The van der Waals surface area contributed by atoms with Gasteiger partial charge in [-0.05, 0) is 44.7 Å². The summed E-state index contributed by atoms with van der Waals surface area (Å²) in [5.41, 5.74) is 4.54. The maximum Gasteiger partial charge on any atom is 0.191 e. The van der Waals surface area contributed by atoms with Crippen molar-refractivity contribution in [1.82, 2.24) is 20.4 Å². The summed E-state index contributed by atoms with van der Waals surface area (Å²) in [6.07, 6.45) is 2.68. The lowest BCUT2D eigenvalue weighted by molar-refractivity contribution is 0.735. The van der Waals surface area contributed by atoms with Gasteiger partial charge in [0.1, 0.15) is 0 Å².